The summed E-state index contributed by atoms with van der Waals surface area (Å²) in [5.41, 5.74) is 1.13. The fourth-order valence-corrected chi connectivity index (χ4v) is 7.80. The summed E-state index contributed by atoms with van der Waals surface area (Å²) in [6, 6.07) is 16.9. The number of hydrogen-bond acceptors (Lipinski definition) is 4. The monoisotopic (exact) mass is 447 g/mol. The number of nitrogens with zero attached hydrogens (tertiary/aromatic N) is 1. The molecule has 0 unspecified atom stereocenters. The van der Waals surface area contributed by atoms with E-state index in [9.17, 15) is 16.8 Å². The van der Waals surface area contributed by atoms with Gasteiger partial charge in [-0.05, 0) is 36.5 Å². The van der Waals surface area contributed by atoms with Gasteiger partial charge in [-0.3, -0.25) is 0 Å². The van der Waals surface area contributed by atoms with Gasteiger partial charge in [0.05, 0.1) is 4.90 Å². The maximum atomic E-state index is 13.0. The summed E-state index contributed by atoms with van der Waals surface area (Å²) in [5, 5.41) is 0. The maximum absolute atomic E-state index is 13.0. The molecule has 9 heteroatoms. The lowest BCUT2D eigenvalue weighted by molar-refractivity contribution is 0.319. The molecule has 1 fully saturated rings. The van der Waals surface area contributed by atoms with Gasteiger partial charge in [0.2, 0.25) is 9.84 Å². The fourth-order valence-electron chi connectivity index (χ4n) is 3.18. The van der Waals surface area contributed by atoms with Crippen molar-refractivity contribution in [3.05, 3.63) is 66.2 Å². The average molecular weight is 448 g/mol. The molecule has 1 aliphatic heterocycles. The molecule has 1 heterocycles. The van der Waals surface area contributed by atoms with Crippen LogP contribution in [-0.2, 0) is 19.9 Å². The summed E-state index contributed by atoms with van der Waals surface area (Å²) in [6.07, 6.45) is 1.14. The zero-order valence-electron chi connectivity index (χ0n) is 14.3. The SMILES string of the molecule is O=S(=O)(c1ccccc1)C(Cl)(Cl)S(=O)(=O)N1CCC(c2ccccc2)CC1. The summed E-state index contributed by atoms with van der Waals surface area (Å²) in [5.74, 6) is 0.212. The van der Waals surface area contributed by atoms with E-state index < -0.39 is 22.9 Å². The Morgan fingerprint density at radius 3 is 1.81 bits per heavy atom. The van der Waals surface area contributed by atoms with E-state index in [0.717, 1.165) is 9.87 Å². The van der Waals surface area contributed by atoms with Crippen LogP contribution in [-0.4, -0.2) is 37.2 Å². The van der Waals surface area contributed by atoms with Crippen LogP contribution in [0.25, 0.3) is 0 Å². The molecule has 0 atom stereocenters. The summed E-state index contributed by atoms with van der Waals surface area (Å²) in [6.45, 7) is 0.320. The number of halogens is 2. The highest BCUT2D eigenvalue weighted by Gasteiger charge is 2.56. The Morgan fingerprint density at radius 1 is 0.815 bits per heavy atom. The van der Waals surface area contributed by atoms with E-state index in [1.165, 1.54) is 24.3 Å². The molecule has 2 aromatic carbocycles. The van der Waals surface area contributed by atoms with E-state index in [-0.39, 0.29) is 23.9 Å². The van der Waals surface area contributed by atoms with E-state index in [1.807, 2.05) is 30.3 Å². The van der Waals surface area contributed by atoms with Crippen molar-refractivity contribution in [3.63, 3.8) is 0 Å². The molecule has 0 radical (unpaired) electrons. The molecule has 0 aliphatic carbocycles. The van der Waals surface area contributed by atoms with Crippen molar-refractivity contribution in [1.82, 2.24) is 4.31 Å². The molecule has 0 bridgehead atoms. The zero-order valence-corrected chi connectivity index (χ0v) is 17.5. The number of piperidine rings is 1. The van der Waals surface area contributed by atoms with Crippen LogP contribution in [0.15, 0.2) is 65.6 Å². The van der Waals surface area contributed by atoms with Gasteiger partial charge in [-0.25, -0.2) is 16.8 Å². The Bertz CT molecular complexity index is 986. The van der Waals surface area contributed by atoms with Crippen LogP contribution in [0.5, 0.6) is 0 Å². The first-order valence-corrected chi connectivity index (χ1v) is 12.1. The Kier molecular flexibility index (Phi) is 5.89. The standard InChI is InChI=1S/C18H19Cl2NO4S2/c19-18(20,26(22,23)17-9-5-2-6-10-17)27(24,25)21-13-11-16(12-14-21)15-7-3-1-4-8-15/h1-10,16H,11-14H2. The third kappa shape index (κ3) is 3.76. The van der Waals surface area contributed by atoms with E-state index in [4.69, 9.17) is 23.2 Å². The highest BCUT2D eigenvalue weighted by Crippen LogP contribution is 2.42. The van der Waals surface area contributed by atoms with Gasteiger partial charge in [0.1, 0.15) is 0 Å². The number of alkyl halides is 2. The first-order valence-electron chi connectivity index (χ1n) is 8.40. The van der Waals surface area contributed by atoms with Crippen LogP contribution in [0, 0.1) is 0 Å². The van der Waals surface area contributed by atoms with E-state index >= 15 is 0 Å². The summed E-state index contributed by atoms with van der Waals surface area (Å²) < 4.78 is 49.5. The molecule has 0 N–H and O–H groups in total. The van der Waals surface area contributed by atoms with Crippen molar-refractivity contribution in [2.24, 2.45) is 0 Å². The number of benzene rings is 2. The van der Waals surface area contributed by atoms with E-state index in [2.05, 4.69) is 0 Å². The Morgan fingerprint density at radius 2 is 1.30 bits per heavy atom. The second-order valence-electron chi connectivity index (χ2n) is 6.37. The molecule has 0 amide bonds. The molecule has 1 saturated heterocycles. The maximum Gasteiger partial charge on any atom is 0.337 e. The normalized spacial score (nSPS) is 17.7. The van der Waals surface area contributed by atoms with Crippen molar-refractivity contribution in [2.45, 2.75) is 26.7 Å². The smallest absolute Gasteiger partial charge is 0.219 e. The van der Waals surface area contributed by atoms with Gasteiger partial charge in [0.15, 0.2) is 0 Å². The van der Waals surface area contributed by atoms with Crippen molar-refractivity contribution >= 4 is 43.1 Å². The van der Waals surface area contributed by atoms with Crippen molar-refractivity contribution in [1.29, 1.82) is 0 Å². The molecule has 1 aliphatic rings. The third-order valence-corrected chi connectivity index (χ3v) is 11.6. The molecule has 0 saturated carbocycles. The Hall–Kier alpha value is -1.12. The molecule has 0 aromatic heterocycles. The predicted molar refractivity (Wildman–Crippen MR) is 107 cm³/mol. The van der Waals surface area contributed by atoms with Crippen molar-refractivity contribution < 1.29 is 16.8 Å². The van der Waals surface area contributed by atoms with Gasteiger partial charge in [-0.1, -0.05) is 71.7 Å². The quantitative estimate of drug-likeness (QED) is 0.654. The molecular formula is C18H19Cl2NO4S2. The van der Waals surface area contributed by atoms with Crippen LogP contribution < -0.4 is 0 Å². The highest BCUT2D eigenvalue weighted by atomic mass is 35.5. The summed E-state index contributed by atoms with van der Waals surface area (Å²) in [7, 11) is -9.01. The summed E-state index contributed by atoms with van der Waals surface area (Å²) in [4.78, 5) is -0.238. The Labute approximate surface area is 169 Å². The summed E-state index contributed by atoms with van der Waals surface area (Å²) >= 11 is 12.0. The van der Waals surface area contributed by atoms with Gasteiger partial charge in [-0.15, -0.1) is 0 Å². The third-order valence-electron chi connectivity index (χ3n) is 4.73. The molecule has 2 aromatic rings. The molecule has 3 rings (SSSR count). The lowest BCUT2D eigenvalue weighted by Crippen LogP contribution is -2.48. The largest absolute Gasteiger partial charge is 0.337 e. The second kappa shape index (κ2) is 7.72. The van der Waals surface area contributed by atoms with Crippen LogP contribution in [0.2, 0.25) is 0 Å². The average Bonchev–Trinajstić information content (AvgIpc) is 2.69. The number of rotatable bonds is 5. The van der Waals surface area contributed by atoms with Gasteiger partial charge in [0, 0.05) is 13.1 Å². The van der Waals surface area contributed by atoms with Crippen molar-refractivity contribution in [2.75, 3.05) is 13.1 Å². The number of sulfone groups is 1. The van der Waals surface area contributed by atoms with Gasteiger partial charge >= 0.3 is 3.00 Å². The number of sulfonamides is 1. The minimum Gasteiger partial charge on any atom is -0.219 e. The first-order chi connectivity index (χ1) is 12.7. The second-order valence-corrected chi connectivity index (χ2v) is 13.0. The fraction of sp³-hybridized carbons (Fsp3) is 0.333. The first kappa shape index (κ1) is 20.6. The topological polar surface area (TPSA) is 71.5 Å². The minimum atomic E-state index is -4.51. The molecule has 27 heavy (non-hydrogen) atoms. The Balaban J connectivity index is 1.82. The lowest BCUT2D eigenvalue weighted by atomic mass is 9.90. The van der Waals surface area contributed by atoms with Gasteiger partial charge in [0.25, 0.3) is 10.0 Å². The van der Waals surface area contributed by atoms with Crippen LogP contribution in [0.4, 0.5) is 0 Å². The van der Waals surface area contributed by atoms with Gasteiger partial charge in [-0.2, -0.15) is 4.31 Å². The molecule has 5 nitrogen and oxygen atoms in total. The predicted octanol–water partition coefficient (Wildman–Crippen LogP) is 3.76. The molecular weight excluding hydrogens is 429 g/mol. The highest BCUT2D eigenvalue weighted by molar-refractivity contribution is 8.13. The van der Waals surface area contributed by atoms with Crippen LogP contribution >= 0.6 is 23.2 Å². The molecule has 146 valence electrons. The lowest BCUT2D eigenvalue weighted by Gasteiger charge is -2.34. The molecule has 0 spiro atoms. The van der Waals surface area contributed by atoms with Crippen LogP contribution in [0.3, 0.4) is 0 Å². The zero-order chi connectivity index (χ0) is 19.7. The van der Waals surface area contributed by atoms with E-state index in [1.54, 1.807) is 6.07 Å². The van der Waals surface area contributed by atoms with E-state index in [0.29, 0.717) is 12.8 Å². The van der Waals surface area contributed by atoms with Gasteiger partial charge < -0.3 is 0 Å². The minimum absolute atomic E-state index is 0.160. The van der Waals surface area contributed by atoms with Crippen LogP contribution in [0.1, 0.15) is 24.3 Å². The number of hydrogen-bond donors (Lipinski definition) is 0. The van der Waals surface area contributed by atoms with Crippen molar-refractivity contribution in [3.8, 4) is 0 Å².